The third-order valence-electron chi connectivity index (χ3n) is 2.88. The molecule has 0 atom stereocenters. The summed E-state index contributed by atoms with van der Waals surface area (Å²) in [5.74, 6) is 0.826. The Kier molecular flexibility index (Phi) is 4.39. The lowest BCUT2D eigenvalue weighted by Gasteiger charge is -2.06. The van der Waals surface area contributed by atoms with Crippen molar-refractivity contribution in [2.24, 2.45) is 0 Å². The lowest BCUT2D eigenvalue weighted by Crippen LogP contribution is -2.06. The van der Waals surface area contributed by atoms with Crippen LogP contribution in [0.4, 0.5) is 5.82 Å². The van der Waals surface area contributed by atoms with Gasteiger partial charge in [-0.25, -0.2) is 9.97 Å². The van der Waals surface area contributed by atoms with Gasteiger partial charge in [0.25, 0.3) is 0 Å². The number of hydrogen-bond acceptors (Lipinski definition) is 5. The molecule has 2 N–H and O–H groups in total. The van der Waals surface area contributed by atoms with Crippen LogP contribution in [0.1, 0.15) is 27.2 Å². The highest BCUT2D eigenvalue weighted by Gasteiger charge is 2.11. The average Bonchev–Trinajstić information content (AvgIpc) is 2.38. The number of ketones is 1. The predicted molar refractivity (Wildman–Crippen MR) is 82.2 cm³/mol. The van der Waals surface area contributed by atoms with E-state index >= 15 is 0 Å². The fourth-order valence-electron chi connectivity index (χ4n) is 1.87. The van der Waals surface area contributed by atoms with Gasteiger partial charge in [-0.05, 0) is 32.4 Å². The van der Waals surface area contributed by atoms with Crippen molar-refractivity contribution in [1.82, 2.24) is 9.97 Å². The van der Waals surface area contributed by atoms with Crippen molar-refractivity contribution in [2.45, 2.75) is 25.9 Å². The second kappa shape index (κ2) is 6.05. The number of carbonyl (C=O) groups excluding carboxylic acids is 1. The van der Waals surface area contributed by atoms with Crippen LogP contribution in [0.25, 0.3) is 0 Å². The van der Waals surface area contributed by atoms with Crippen LogP contribution >= 0.6 is 11.8 Å². The van der Waals surface area contributed by atoms with Crippen molar-refractivity contribution in [3.8, 4) is 0 Å². The fourth-order valence-corrected chi connectivity index (χ4v) is 2.67. The molecule has 4 nitrogen and oxygen atoms in total. The summed E-state index contributed by atoms with van der Waals surface area (Å²) in [5.41, 5.74) is 9.31. The summed E-state index contributed by atoms with van der Waals surface area (Å²) in [6.07, 6.45) is 0. The van der Waals surface area contributed by atoms with E-state index in [1.54, 1.807) is 6.07 Å². The molecule has 0 unspecified atom stereocenters. The second-order valence-electron chi connectivity index (χ2n) is 4.75. The molecule has 0 spiro atoms. The predicted octanol–water partition coefficient (Wildman–Crippen LogP) is 2.96. The number of nitrogens with two attached hydrogens (primary N) is 1. The first-order valence-corrected chi connectivity index (χ1v) is 7.28. The van der Waals surface area contributed by atoms with Gasteiger partial charge < -0.3 is 5.73 Å². The third-order valence-corrected chi connectivity index (χ3v) is 3.73. The molecule has 5 heteroatoms. The minimum absolute atomic E-state index is 0.0832. The largest absolute Gasteiger partial charge is 0.384 e. The van der Waals surface area contributed by atoms with E-state index in [1.165, 1.54) is 11.8 Å². The second-order valence-corrected chi connectivity index (χ2v) is 5.69. The molecule has 0 radical (unpaired) electrons. The van der Waals surface area contributed by atoms with Crippen molar-refractivity contribution >= 4 is 23.4 Å². The van der Waals surface area contributed by atoms with Crippen LogP contribution in [-0.2, 0) is 0 Å². The molecule has 0 amide bonds. The van der Waals surface area contributed by atoms with E-state index in [9.17, 15) is 4.79 Å². The normalized spacial score (nSPS) is 10.6. The Hall–Kier alpha value is -1.88. The molecule has 0 aliphatic heterocycles. The summed E-state index contributed by atoms with van der Waals surface area (Å²) in [5, 5.41) is 0.543. The Morgan fingerprint density at radius 2 is 1.95 bits per heavy atom. The minimum Gasteiger partial charge on any atom is -0.384 e. The van der Waals surface area contributed by atoms with E-state index in [1.807, 2.05) is 39.0 Å². The zero-order valence-corrected chi connectivity index (χ0v) is 12.6. The summed E-state index contributed by atoms with van der Waals surface area (Å²) in [6.45, 7) is 5.78. The van der Waals surface area contributed by atoms with Crippen molar-refractivity contribution in [3.63, 3.8) is 0 Å². The van der Waals surface area contributed by atoms with Gasteiger partial charge in [-0.15, -0.1) is 0 Å². The molecule has 0 aliphatic rings. The van der Waals surface area contributed by atoms with Crippen molar-refractivity contribution in [1.29, 1.82) is 0 Å². The molecule has 0 saturated heterocycles. The number of aromatic nitrogens is 2. The molecule has 0 fully saturated rings. The summed E-state index contributed by atoms with van der Waals surface area (Å²) in [4.78, 5) is 20.6. The number of carbonyl (C=O) groups is 1. The smallest absolute Gasteiger partial charge is 0.190 e. The van der Waals surface area contributed by atoms with Crippen LogP contribution in [0.2, 0.25) is 0 Å². The number of anilines is 1. The molecule has 104 valence electrons. The molecular weight excluding hydrogens is 270 g/mol. The Bertz CT molecular complexity index is 635. The molecular formula is C15H17N3OS. The van der Waals surface area contributed by atoms with E-state index < -0.39 is 0 Å². The van der Waals surface area contributed by atoms with Gasteiger partial charge in [0, 0.05) is 17.3 Å². The molecule has 2 aromatic rings. The Balaban J connectivity index is 2.10. The molecule has 1 aromatic carbocycles. The first-order chi connectivity index (χ1) is 9.45. The van der Waals surface area contributed by atoms with Gasteiger partial charge >= 0.3 is 0 Å². The SMILES string of the molecule is Cc1ccc(C)c(C(=O)CSc2nc(C)cc(N)n2)c1. The van der Waals surface area contributed by atoms with Crippen LogP contribution in [0.3, 0.4) is 0 Å². The van der Waals surface area contributed by atoms with Gasteiger partial charge in [-0.3, -0.25) is 4.79 Å². The highest BCUT2D eigenvalue weighted by Crippen LogP contribution is 2.19. The van der Waals surface area contributed by atoms with Crippen LogP contribution in [0.5, 0.6) is 0 Å². The standard InChI is InChI=1S/C15H17N3OS/c1-9-4-5-10(2)12(6-9)13(19)8-20-15-17-11(3)7-14(16)18-15/h4-7H,8H2,1-3H3,(H2,16,17,18). The first kappa shape index (κ1) is 14.5. The molecule has 0 saturated carbocycles. The maximum atomic E-state index is 12.3. The monoisotopic (exact) mass is 287 g/mol. The van der Waals surface area contributed by atoms with Crippen LogP contribution in [0, 0.1) is 20.8 Å². The zero-order valence-electron chi connectivity index (χ0n) is 11.8. The number of thioether (sulfide) groups is 1. The number of benzene rings is 1. The Morgan fingerprint density at radius 3 is 2.65 bits per heavy atom. The first-order valence-electron chi connectivity index (χ1n) is 6.30. The van der Waals surface area contributed by atoms with Crippen molar-refractivity contribution in [2.75, 3.05) is 11.5 Å². The number of aryl methyl sites for hydroxylation is 3. The lowest BCUT2D eigenvalue weighted by atomic mass is 10.0. The molecule has 0 bridgehead atoms. The molecule has 20 heavy (non-hydrogen) atoms. The molecule has 2 rings (SSSR count). The van der Waals surface area contributed by atoms with Gasteiger partial charge in [-0.2, -0.15) is 0 Å². The summed E-state index contributed by atoms with van der Waals surface area (Å²) < 4.78 is 0. The van der Waals surface area contributed by atoms with E-state index in [0.717, 1.165) is 22.4 Å². The van der Waals surface area contributed by atoms with Crippen LogP contribution in [-0.4, -0.2) is 21.5 Å². The van der Waals surface area contributed by atoms with Crippen LogP contribution < -0.4 is 5.73 Å². The summed E-state index contributed by atoms with van der Waals surface area (Å²) in [7, 11) is 0. The van der Waals surface area contributed by atoms with E-state index in [-0.39, 0.29) is 5.78 Å². The van der Waals surface area contributed by atoms with Crippen molar-refractivity contribution in [3.05, 3.63) is 46.6 Å². The summed E-state index contributed by atoms with van der Waals surface area (Å²) >= 11 is 1.31. The highest BCUT2D eigenvalue weighted by atomic mass is 32.2. The number of rotatable bonds is 4. The minimum atomic E-state index is 0.0832. The van der Waals surface area contributed by atoms with E-state index in [2.05, 4.69) is 9.97 Å². The van der Waals surface area contributed by atoms with E-state index in [0.29, 0.717) is 16.7 Å². The quantitative estimate of drug-likeness (QED) is 0.532. The van der Waals surface area contributed by atoms with Gasteiger partial charge in [0.1, 0.15) is 5.82 Å². The average molecular weight is 287 g/mol. The van der Waals surface area contributed by atoms with Crippen molar-refractivity contribution < 1.29 is 4.79 Å². The molecule has 1 heterocycles. The van der Waals surface area contributed by atoms with Gasteiger partial charge in [0.05, 0.1) is 5.75 Å². The zero-order chi connectivity index (χ0) is 14.7. The Labute approximate surface area is 122 Å². The number of nitrogen functional groups attached to an aromatic ring is 1. The van der Waals surface area contributed by atoms with Gasteiger partial charge in [0.2, 0.25) is 0 Å². The highest BCUT2D eigenvalue weighted by molar-refractivity contribution is 7.99. The fraction of sp³-hybridized carbons (Fsp3) is 0.267. The number of hydrogen-bond donors (Lipinski definition) is 1. The van der Waals surface area contributed by atoms with Gasteiger partial charge in [0.15, 0.2) is 10.9 Å². The maximum absolute atomic E-state index is 12.3. The Morgan fingerprint density at radius 1 is 1.20 bits per heavy atom. The van der Waals surface area contributed by atoms with Gasteiger partial charge in [-0.1, -0.05) is 29.5 Å². The summed E-state index contributed by atoms with van der Waals surface area (Å²) in [6, 6.07) is 7.60. The molecule has 1 aromatic heterocycles. The maximum Gasteiger partial charge on any atom is 0.190 e. The number of nitrogens with zero attached hydrogens (tertiary/aromatic N) is 2. The molecule has 0 aliphatic carbocycles. The lowest BCUT2D eigenvalue weighted by molar-refractivity contribution is 0.102. The number of Topliss-reactive ketones (excluding diaryl/α,β-unsaturated/α-hetero) is 1. The topological polar surface area (TPSA) is 68.9 Å². The van der Waals surface area contributed by atoms with Crippen LogP contribution in [0.15, 0.2) is 29.4 Å². The third kappa shape index (κ3) is 3.57. The van der Waals surface area contributed by atoms with E-state index in [4.69, 9.17) is 5.73 Å².